The summed E-state index contributed by atoms with van der Waals surface area (Å²) >= 11 is 0. The third kappa shape index (κ3) is 2.90. The summed E-state index contributed by atoms with van der Waals surface area (Å²) in [6.07, 6.45) is -3.38. The molecule has 1 heterocycles. The molecule has 1 unspecified atom stereocenters. The van der Waals surface area contributed by atoms with Crippen LogP contribution in [-0.4, -0.2) is 29.7 Å². The number of nitrogens with zero attached hydrogens (tertiary/aromatic N) is 1. The lowest BCUT2D eigenvalue weighted by Crippen LogP contribution is -2.40. The van der Waals surface area contributed by atoms with Crippen LogP contribution in [-0.2, 0) is 10.3 Å². The number of ether oxygens (including phenoxy) is 1. The molecule has 22 heavy (non-hydrogen) atoms. The summed E-state index contributed by atoms with van der Waals surface area (Å²) in [6.45, 7) is 5.00. The maximum Gasteiger partial charge on any atom is 0.573 e. The van der Waals surface area contributed by atoms with Gasteiger partial charge in [0.2, 0.25) is 0 Å². The molecule has 3 amide bonds. The highest BCUT2D eigenvalue weighted by molar-refractivity contribution is 6.07. The zero-order valence-electron chi connectivity index (χ0n) is 11.6. The number of carbonyl (C=O) groups is 2. The highest BCUT2D eigenvalue weighted by atomic mass is 19.4. The molecule has 2 rings (SSSR count). The van der Waals surface area contributed by atoms with Gasteiger partial charge in [0.05, 0.1) is 0 Å². The predicted molar refractivity (Wildman–Crippen MR) is 70.9 cm³/mol. The van der Waals surface area contributed by atoms with Crippen molar-refractivity contribution in [3.05, 3.63) is 42.5 Å². The number of hydrogen-bond donors (Lipinski definition) is 1. The molecule has 0 radical (unpaired) electrons. The molecule has 118 valence electrons. The lowest BCUT2D eigenvalue weighted by molar-refractivity contribution is -0.274. The zero-order chi connectivity index (χ0) is 16.5. The van der Waals surface area contributed by atoms with Crippen LogP contribution < -0.4 is 10.1 Å². The Labute approximate surface area is 124 Å². The van der Waals surface area contributed by atoms with E-state index in [2.05, 4.69) is 16.6 Å². The normalized spacial score (nSPS) is 21.7. The summed E-state index contributed by atoms with van der Waals surface area (Å²) < 4.78 is 40.1. The van der Waals surface area contributed by atoms with E-state index in [1.165, 1.54) is 25.1 Å². The summed E-state index contributed by atoms with van der Waals surface area (Å²) in [5.74, 6) is -0.901. The van der Waals surface area contributed by atoms with Gasteiger partial charge in [-0.05, 0) is 24.6 Å². The Morgan fingerprint density at radius 2 is 1.91 bits per heavy atom. The standard InChI is InChI=1S/C14H13F3N2O3/c1-3-8-19-11(20)13(2,18-12(19)21)9-4-6-10(7-5-9)22-14(15,16)17/h3-7H,1,8H2,2H3,(H,18,21). The van der Waals surface area contributed by atoms with E-state index in [0.29, 0.717) is 5.56 Å². The predicted octanol–water partition coefficient (Wildman–Crippen LogP) is 2.54. The van der Waals surface area contributed by atoms with Crippen molar-refractivity contribution < 1.29 is 27.5 Å². The molecule has 1 saturated heterocycles. The van der Waals surface area contributed by atoms with Crippen LogP contribution in [0, 0.1) is 0 Å². The highest BCUT2D eigenvalue weighted by Gasteiger charge is 2.48. The van der Waals surface area contributed by atoms with Crippen LogP contribution in [0.1, 0.15) is 12.5 Å². The molecule has 1 fully saturated rings. The van der Waals surface area contributed by atoms with Crippen LogP contribution in [0.3, 0.4) is 0 Å². The molecule has 1 aliphatic rings. The SMILES string of the molecule is C=CCN1C(=O)NC(C)(c2ccc(OC(F)(F)F)cc2)C1=O. The zero-order valence-corrected chi connectivity index (χ0v) is 11.6. The molecular weight excluding hydrogens is 301 g/mol. The van der Waals surface area contributed by atoms with Crippen molar-refractivity contribution in [3.63, 3.8) is 0 Å². The summed E-state index contributed by atoms with van der Waals surface area (Å²) in [7, 11) is 0. The first kappa shape index (κ1) is 15.9. The van der Waals surface area contributed by atoms with Crippen molar-refractivity contribution >= 4 is 11.9 Å². The van der Waals surface area contributed by atoms with E-state index in [1.807, 2.05) is 0 Å². The van der Waals surface area contributed by atoms with Crippen LogP contribution in [0.5, 0.6) is 5.75 Å². The minimum absolute atomic E-state index is 0.0511. The van der Waals surface area contributed by atoms with E-state index in [9.17, 15) is 22.8 Å². The largest absolute Gasteiger partial charge is 0.573 e. The second kappa shape index (κ2) is 5.36. The van der Waals surface area contributed by atoms with E-state index in [4.69, 9.17) is 0 Å². The van der Waals surface area contributed by atoms with E-state index in [1.54, 1.807) is 0 Å². The number of alkyl halides is 3. The van der Waals surface area contributed by atoms with Crippen molar-refractivity contribution in [3.8, 4) is 5.75 Å². The monoisotopic (exact) mass is 314 g/mol. The van der Waals surface area contributed by atoms with Gasteiger partial charge in [0.15, 0.2) is 0 Å². The Balaban J connectivity index is 2.26. The average Bonchev–Trinajstić information content (AvgIpc) is 2.63. The van der Waals surface area contributed by atoms with Gasteiger partial charge in [-0.2, -0.15) is 0 Å². The van der Waals surface area contributed by atoms with Gasteiger partial charge in [-0.15, -0.1) is 19.8 Å². The number of amides is 3. The number of benzene rings is 1. The fraction of sp³-hybridized carbons (Fsp3) is 0.286. The average molecular weight is 314 g/mol. The van der Waals surface area contributed by atoms with E-state index in [0.717, 1.165) is 17.0 Å². The van der Waals surface area contributed by atoms with Crippen LogP contribution >= 0.6 is 0 Å². The quantitative estimate of drug-likeness (QED) is 0.686. The summed E-state index contributed by atoms with van der Waals surface area (Å²) in [5.41, 5.74) is -0.983. The van der Waals surface area contributed by atoms with E-state index >= 15 is 0 Å². The van der Waals surface area contributed by atoms with Gasteiger partial charge in [0, 0.05) is 6.54 Å². The molecule has 0 aliphatic carbocycles. The Morgan fingerprint density at radius 3 is 2.41 bits per heavy atom. The molecule has 0 spiro atoms. The third-order valence-corrected chi connectivity index (χ3v) is 3.25. The van der Waals surface area contributed by atoms with Crippen LogP contribution in [0.4, 0.5) is 18.0 Å². The van der Waals surface area contributed by atoms with Crippen LogP contribution in [0.25, 0.3) is 0 Å². The van der Waals surface area contributed by atoms with Crippen molar-refractivity contribution in [2.75, 3.05) is 6.54 Å². The Morgan fingerprint density at radius 1 is 1.32 bits per heavy atom. The Hall–Kier alpha value is -2.51. The van der Waals surface area contributed by atoms with Gasteiger partial charge in [-0.25, -0.2) is 4.79 Å². The number of nitrogens with one attached hydrogen (secondary N) is 1. The number of imide groups is 1. The van der Waals surface area contributed by atoms with Crippen molar-refractivity contribution in [1.29, 1.82) is 0 Å². The molecule has 0 aromatic heterocycles. The number of hydrogen-bond acceptors (Lipinski definition) is 3. The maximum absolute atomic E-state index is 12.3. The lowest BCUT2D eigenvalue weighted by Gasteiger charge is -2.22. The Kier molecular flexibility index (Phi) is 3.87. The van der Waals surface area contributed by atoms with Crippen LogP contribution in [0.2, 0.25) is 0 Å². The van der Waals surface area contributed by atoms with Gasteiger partial charge in [0.25, 0.3) is 5.91 Å². The Bertz CT molecular complexity index is 613. The van der Waals surface area contributed by atoms with Crippen molar-refractivity contribution in [2.24, 2.45) is 0 Å². The van der Waals surface area contributed by atoms with Gasteiger partial charge in [0.1, 0.15) is 11.3 Å². The van der Waals surface area contributed by atoms with Crippen LogP contribution in [0.15, 0.2) is 36.9 Å². The summed E-state index contributed by atoms with van der Waals surface area (Å²) in [6, 6.07) is 4.20. The highest BCUT2D eigenvalue weighted by Crippen LogP contribution is 2.31. The molecule has 5 nitrogen and oxygen atoms in total. The lowest BCUT2D eigenvalue weighted by atomic mass is 9.92. The molecule has 1 N–H and O–H groups in total. The molecular formula is C14H13F3N2O3. The molecule has 1 atom stereocenters. The van der Waals surface area contributed by atoms with Crippen molar-refractivity contribution in [1.82, 2.24) is 10.2 Å². The molecule has 8 heteroatoms. The molecule has 1 aliphatic heterocycles. The first-order valence-corrected chi connectivity index (χ1v) is 6.28. The fourth-order valence-electron chi connectivity index (χ4n) is 2.18. The number of urea groups is 1. The van der Waals surface area contributed by atoms with Gasteiger partial charge < -0.3 is 10.1 Å². The number of halogens is 3. The second-order valence-electron chi connectivity index (χ2n) is 4.83. The topological polar surface area (TPSA) is 58.6 Å². The molecule has 0 bridgehead atoms. The molecule has 1 aromatic rings. The number of rotatable bonds is 4. The van der Waals surface area contributed by atoms with Gasteiger partial charge in [-0.1, -0.05) is 18.2 Å². The van der Waals surface area contributed by atoms with Gasteiger partial charge in [-0.3, -0.25) is 9.69 Å². The van der Waals surface area contributed by atoms with E-state index in [-0.39, 0.29) is 6.54 Å². The minimum atomic E-state index is -4.79. The minimum Gasteiger partial charge on any atom is -0.406 e. The molecule has 0 saturated carbocycles. The smallest absolute Gasteiger partial charge is 0.406 e. The fourth-order valence-corrected chi connectivity index (χ4v) is 2.18. The molecule has 1 aromatic carbocycles. The first-order valence-electron chi connectivity index (χ1n) is 6.28. The van der Waals surface area contributed by atoms with Gasteiger partial charge >= 0.3 is 12.4 Å². The van der Waals surface area contributed by atoms with Crippen molar-refractivity contribution in [2.45, 2.75) is 18.8 Å². The number of carbonyl (C=O) groups excluding carboxylic acids is 2. The van der Waals surface area contributed by atoms with E-state index < -0.39 is 29.6 Å². The summed E-state index contributed by atoms with van der Waals surface area (Å²) in [4.78, 5) is 25.1. The third-order valence-electron chi connectivity index (χ3n) is 3.25. The maximum atomic E-state index is 12.3. The summed E-state index contributed by atoms with van der Waals surface area (Å²) in [5, 5.41) is 2.53. The second-order valence-corrected chi connectivity index (χ2v) is 4.83. The first-order chi connectivity index (χ1) is 10.2.